The third-order valence-electron chi connectivity index (χ3n) is 1.49. The summed E-state index contributed by atoms with van der Waals surface area (Å²) in [6, 6.07) is 2.58. The van der Waals surface area contributed by atoms with Gasteiger partial charge in [0, 0.05) is 0 Å². The van der Waals surface area contributed by atoms with E-state index >= 15 is 0 Å². The maximum atomic E-state index is 12.5. The Morgan fingerprint density at radius 3 is 2.57 bits per heavy atom. The first kappa shape index (κ1) is 11.1. The quantitative estimate of drug-likeness (QED) is 0.718. The van der Waals surface area contributed by atoms with Gasteiger partial charge in [0.05, 0.1) is 18.1 Å². The Morgan fingerprint density at radius 2 is 2.14 bits per heavy atom. The van der Waals surface area contributed by atoms with E-state index in [9.17, 15) is 12.8 Å². The molecule has 1 rings (SSSR count). The molecule has 14 heavy (non-hydrogen) atoms. The smallest absolute Gasteiger partial charge is 0.261 e. The lowest BCUT2D eigenvalue weighted by Gasteiger charge is -2.09. The molecule has 0 spiro atoms. The van der Waals surface area contributed by atoms with Gasteiger partial charge in [-0.05, 0) is 19.1 Å². The number of nitrogens with zero attached hydrogens (tertiary/aromatic N) is 1. The molecule has 0 N–H and O–H groups in total. The molecule has 0 unspecified atom stereocenters. The maximum Gasteiger partial charge on any atom is 0.265 e. The monoisotopic (exact) mass is 219 g/mol. The zero-order valence-electron chi connectivity index (χ0n) is 7.77. The Labute approximate surface area is 81.9 Å². The van der Waals surface area contributed by atoms with E-state index in [-0.39, 0.29) is 0 Å². The van der Waals surface area contributed by atoms with Crippen LogP contribution in [0.4, 0.5) is 4.39 Å². The molecule has 78 valence electrons. The molecule has 0 bridgehead atoms. The van der Waals surface area contributed by atoms with E-state index in [1.165, 1.54) is 19.1 Å². The standard InChI is InChI=1S/C8H10FNO3S/c1-6(13-14(2,11)12)8-4-3-7(9)5-10-8/h3-6H,1-2H3/t6-/m0/s1. The number of halogens is 1. The van der Waals surface area contributed by atoms with Crippen LogP contribution in [0.3, 0.4) is 0 Å². The molecule has 1 atom stereocenters. The fourth-order valence-electron chi connectivity index (χ4n) is 0.939. The highest BCUT2D eigenvalue weighted by Gasteiger charge is 2.13. The SMILES string of the molecule is C[C@H](OS(C)(=O)=O)c1ccc(F)cn1. The van der Waals surface area contributed by atoms with Crippen molar-refractivity contribution in [3.63, 3.8) is 0 Å². The van der Waals surface area contributed by atoms with Gasteiger partial charge in [0.25, 0.3) is 10.1 Å². The molecule has 0 aliphatic rings. The molecule has 0 radical (unpaired) electrons. The van der Waals surface area contributed by atoms with Gasteiger partial charge in [0.1, 0.15) is 11.9 Å². The van der Waals surface area contributed by atoms with Crippen LogP contribution in [0.2, 0.25) is 0 Å². The summed E-state index contributed by atoms with van der Waals surface area (Å²) >= 11 is 0. The number of pyridine rings is 1. The third kappa shape index (κ3) is 3.39. The first-order valence-corrected chi connectivity index (χ1v) is 5.70. The Morgan fingerprint density at radius 1 is 1.50 bits per heavy atom. The van der Waals surface area contributed by atoms with Crippen molar-refractivity contribution in [2.45, 2.75) is 13.0 Å². The van der Waals surface area contributed by atoms with Crippen molar-refractivity contribution in [1.29, 1.82) is 0 Å². The van der Waals surface area contributed by atoms with Crippen LogP contribution in [0.25, 0.3) is 0 Å². The summed E-state index contributed by atoms with van der Waals surface area (Å²) in [6.45, 7) is 1.53. The minimum Gasteiger partial charge on any atom is -0.261 e. The van der Waals surface area contributed by atoms with Gasteiger partial charge in [0.15, 0.2) is 0 Å². The molecular weight excluding hydrogens is 209 g/mol. The van der Waals surface area contributed by atoms with Crippen molar-refractivity contribution in [2.24, 2.45) is 0 Å². The maximum absolute atomic E-state index is 12.5. The summed E-state index contributed by atoms with van der Waals surface area (Å²) in [7, 11) is -3.52. The van der Waals surface area contributed by atoms with E-state index < -0.39 is 22.0 Å². The van der Waals surface area contributed by atoms with E-state index in [1.807, 2.05) is 0 Å². The lowest BCUT2D eigenvalue weighted by atomic mass is 10.2. The molecule has 6 heteroatoms. The molecule has 0 aliphatic heterocycles. The second kappa shape index (κ2) is 4.02. The molecule has 1 aromatic heterocycles. The van der Waals surface area contributed by atoms with Gasteiger partial charge in [-0.25, -0.2) is 4.39 Å². The molecule has 0 saturated heterocycles. The summed E-state index contributed by atoms with van der Waals surface area (Å²) in [5.41, 5.74) is 0.372. The highest BCUT2D eigenvalue weighted by molar-refractivity contribution is 7.86. The van der Waals surface area contributed by atoms with Crippen LogP contribution in [0.5, 0.6) is 0 Å². The second-order valence-corrected chi connectivity index (χ2v) is 4.44. The zero-order chi connectivity index (χ0) is 10.8. The van der Waals surface area contributed by atoms with Crippen LogP contribution in [-0.4, -0.2) is 19.7 Å². The number of hydrogen-bond donors (Lipinski definition) is 0. The van der Waals surface area contributed by atoms with E-state index in [0.717, 1.165) is 12.5 Å². The topological polar surface area (TPSA) is 56.3 Å². The molecule has 4 nitrogen and oxygen atoms in total. The number of aromatic nitrogens is 1. The van der Waals surface area contributed by atoms with Crippen LogP contribution in [0, 0.1) is 5.82 Å². The van der Waals surface area contributed by atoms with Crippen LogP contribution >= 0.6 is 0 Å². The predicted octanol–water partition coefficient (Wildman–Crippen LogP) is 1.26. The Hall–Kier alpha value is -1.01. The second-order valence-electron chi connectivity index (χ2n) is 2.84. The van der Waals surface area contributed by atoms with E-state index in [4.69, 9.17) is 0 Å². The van der Waals surface area contributed by atoms with Crippen molar-refractivity contribution in [1.82, 2.24) is 4.98 Å². The molecule has 0 fully saturated rings. The average Bonchev–Trinajstić information content (AvgIpc) is 2.02. The minimum absolute atomic E-state index is 0.372. The fourth-order valence-corrected chi connectivity index (χ4v) is 1.56. The van der Waals surface area contributed by atoms with Crippen LogP contribution in [0.15, 0.2) is 18.3 Å². The van der Waals surface area contributed by atoms with Gasteiger partial charge >= 0.3 is 0 Å². The highest BCUT2D eigenvalue weighted by atomic mass is 32.2. The molecule has 0 aromatic carbocycles. The van der Waals surface area contributed by atoms with Gasteiger partial charge in [-0.15, -0.1) is 0 Å². The van der Waals surface area contributed by atoms with E-state index in [1.54, 1.807) is 0 Å². The predicted molar refractivity (Wildman–Crippen MR) is 48.5 cm³/mol. The number of rotatable bonds is 3. The van der Waals surface area contributed by atoms with Crippen molar-refractivity contribution in [3.05, 3.63) is 29.8 Å². The molecule has 0 aliphatic carbocycles. The van der Waals surface area contributed by atoms with Gasteiger partial charge in [-0.2, -0.15) is 8.42 Å². The zero-order valence-corrected chi connectivity index (χ0v) is 8.58. The van der Waals surface area contributed by atoms with Crippen LogP contribution in [-0.2, 0) is 14.3 Å². The summed E-state index contributed by atoms with van der Waals surface area (Å²) < 4.78 is 38.6. The van der Waals surface area contributed by atoms with Crippen molar-refractivity contribution in [3.8, 4) is 0 Å². The molecular formula is C8H10FNO3S. The molecule has 0 saturated carbocycles. The van der Waals surface area contributed by atoms with Crippen molar-refractivity contribution in [2.75, 3.05) is 6.26 Å². The molecule has 1 heterocycles. The van der Waals surface area contributed by atoms with Gasteiger partial charge in [-0.3, -0.25) is 9.17 Å². The van der Waals surface area contributed by atoms with Gasteiger partial charge < -0.3 is 0 Å². The molecule has 0 amide bonds. The summed E-state index contributed by atoms with van der Waals surface area (Å²) in [5, 5.41) is 0. The first-order valence-electron chi connectivity index (χ1n) is 3.88. The van der Waals surface area contributed by atoms with Crippen LogP contribution in [0.1, 0.15) is 18.7 Å². The average molecular weight is 219 g/mol. The Balaban J connectivity index is 2.80. The van der Waals surface area contributed by atoms with E-state index in [2.05, 4.69) is 9.17 Å². The summed E-state index contributed by atoms with van der Waals surface area (Å²) in [6.07, 6.45) is 1.26. The highest BCUT2D eigenvalue weighted by Crippen LogP contribution is 2.15. The third-order valence-corrected chi connectivity index (χ3v) is 2.12. The normalized spacial score (nSPS) is 13.9. The summed E-state index contributed by atoms with van der Waals surface area (Å²) in [5.74, 6) is -0.472. The van der Waals surface area contributed by atoms with Crippen molar-refractivity contribution >= 4 is 10.1 Å². The van der Waals surface area contributed by atoms with Gasteiger partial charge in [0.2, 0.25) is 0 Å². The lowest BCUT2D eigenvalue weighted by Crippen LogP contribution is -2.08. The Kier molecular flexibility index (Phi) is 3.17. The first-order chi connectivity index (χ1) is 6.38. The minimum atomic E-state index is -3.52. The fraction of sp³-hybridized carbons (Fsp3) is 0.375. The van der Waals surface area contributed by atoms with Crippen LogP contribution < -0.4 is 0 Å². The summed E-state index contributed by atoms with van der Waals surface area (Å²) in [4.78, 5) is 3.70. The number of hydrogen-bond acceptors (Lipinski definition) is 4. The Bertz CT molecular complexity index is 401. The van der Waals surface area contributed by atoms with Gasteiger partial charge in [-0.1, -0.05) is 0 Å². The largest absolute Gasteiger partial charge is 0.265 e. The lowest BCUT2D eigenvalue weighted by molar-refractivity contribution is 0.231. The van der Waals surface area contributed by atoms with Crippen molar-refractivity contribution < 1.29 is 17.0 Å². The van der Waals surface area contributed by atoms with E-state index in [0.29, 0.717) is 5.69 Å². The molecule has 1 aromatic rings.